The molecule has 0 radical (unpaired) electrons. The van der Waals surface area contributed by atoms with Crippen molar-refractivity contribution in [2.75, 3.05) is 13.2 Å². The van der Waals surface area contributed by atoms with Crippen LogP contribution in [0.5, 0.6) is 0 Å². The standard InChI is InChI=1S/C11H16N4O4/c16-3-8-6(17)1-9(19-8)15-5-14-10-7(18)2-12-4-13-11(10)15/h4-9,16-18H,1-3H2,(H,12,13)/p+1. The Labute approximate surface area is 109 Å². The molecule has 1 saturated heterocycles. The number of aliphatic hydroxyl groups excluding tert-OH is 3. The molecule has 1 fully saturated rings. The van der Waals surface area contributed by atoms with Gasteiger partial charge < -0.3 is 25.4 Å². The molecule has 0 bridgehead atoms. The second-order valence-electron chi connectivity index (χ2n) is 4.74. The van der Waals surface area contributed by atoms with E-state index in [0.29, 0.717) is 24.5 Å². The maximum absolute atomic E-state index is 9.93. The van der Waals surface area contributed by atoms with Crippen LogP contribution in [0.1, 0.15) is 24.4 Å². The number of rotatable bonds is 2. The minimum Gasteiger partial charge on any atom is -0.394 e. The second-order valence-corrected chi connectivity index (χ2v) is 4.74. The predicted molar refractivity (Wildman–Crippen MR) is 63.8 cm³/mol. The van der Waals surface area contributed by atoms with Gasteiger partial charge in [-0.15, -0.1) is 0 Å². The number of aliphatic hydroxyl groups is 3. The fraction of sp³-hybridized carbons (Fsp3) is 0.636. The van der Waals surface area contributed by atoms with Crippen molar-refractivity contribution in [3.05, 3.63) is 12.0 Å². The highest BCUT2D eigenvalue weighted by molar-refractivity contribution is 5.54. The summed E-state index contributed by atoms with van der Waals surface area (Å²) in [6, 6.07) is 0. The summed E-state index contributed by atoms with van der Waals surface area (Å²) in [6.07, 6.45) is 1.14. The molecule has 1 aromatic heterocycles. The molecule has 19 heavy (non-hydrogen) atoms. The third-order valence-electron chi connectivity index (χ3n) is 3.47. The van der Waals surface area contributed by atoms with Crippen LogP contribution in [0, 0.1) is 0 Å². The maximum Gasteiger partial charge on any atom is 0.188 e. The molecule has 8 heteroatoms. The van der Waals surface area contributed by atoms with Gasteiger partial charge in [-0.25, -0.2) is 4.98 Å². The minimum absolute atomic E-state index is 0.228. The molecule has 3 heterocycles. The van der Waals surface area contributed by atoms with Gasteiger partial charge in [0.2, 0.25) is 0 Å². The van der Waals surface area contributed by atoms with Crippen LogP contribution < -0.4 is 5.32 Å². The fourth-order valence-corrected chi connectivity index (χ4v) is 2.42. The highest BCUT2D eigenvalue weighted by Crippen LogP contribution is 2.34. The van der Waals surface area contributed by atoms with E-state index in [4.69, 9.17) is 9.84 Å². The topological polar surface area (TPSA) is 117 Å². The molecular formula is C11H17N4O4+. The summed E-state index contributed by atoms with van der Waals surface area (Å²) in [5, 5.41) is 30.6. The first kappa shape index (κ1) is 12.7. The highest BCUT2D eigenvalue weighted by Gasteiger charge is 2.36. The number of aromatic nitrogens is 2. The molecular weight excluding hydrogens is 252 g/mol. The van der Waals surface area contributed by atoms with E-state index in [1.54, 1.807) is 22.5 Å². The van der Waals surface area contributed by atoms with E-state index in [0.717, 1.165) is 0 Å². The average molecular weight is 269 g/mol. The van der Waals surface area contributed by atoms with Gasteiger partial charge in [-0.2, -0.15) is 4.99 Å². The summed E-state index contributed by atoms with van der Waals surface area (Å²) in [5.74, 6) is 0.539. The molecule has 0 aromatic carbocycles. The van der Waals surface area contributed by atoms with Gasteiger partial charge in [-0.1, -0.05) is 0 Å². The molecule has 5 N–H and O–H groups in total. The number of quaternary nitrogens is 1. The number of nitrogens with zero attached hydrogens (tertiary/aromatic N) is 3. The SMILES string of the molecule is OCC1OC(n2cnc3c2N=C[NH2+]CC3O)CC1O. The molecule has 0 saturated carbocycles. The number of imidazole rings is 1. The van der Waals surface area contributed by atoms with Crippen LogP contribution >= 0.6 is 0 Å². The van der Waals surface area contributed by atoms with Gasteiger partial charge in [0.15, 0.2) is 12.2 Å². The average Bonchev–Trinajstić information content (AvgIpc) is 2.93. The fourth-order valence-electron chi connectivity index (χ4n) is 2.42. The van der Waals surface area contributed by atoms with Gasteiger partial charge >= 0.3 is 0 Å². The van der Waals surface area contributed by atoms with E-state index in [-0.39, 0.29) is 6.61 Å². The van der Waals surface area contributed by atoms with Crippen molar-refractivity contribution in [1.29, 1.82) is 0 Å². The lowest BCUT2D eigenvalue weighted by Gasteiger charge is -2.14. The normalized spacial score (nSPS) is 34.3. The Morgan fingerprint density at radius 2 is 2.32 bits per heavy atom. The second kappa shape index (κ2) is 4.99. The summed E-state index contributed by atoms with van der Waals surface area (Å²) in [6.45, 7) is 0.245. The van der Waals surface area contributed by atoms with Crippen molar-refractivity contribution in [3.63, 3.8) is 0 Å². The van der Waals surface area contributed by atoms with Crippen molar-refractivity contribution in [2.24, 2.45) is 4.99 Å². The van der Waals surface area contributed by atoms with Crippen molar-refractivity contribution >= 4 is 12.2 Å². The van der Waals surface area contributed by atoms with Crippen molar-refractivity contribution in [1.82, 2.24) is 9.55 Å². The largest absolute Gasteiger partial charge is 0.394 e. The van der Waals surface area contributed by atoms with Crippen LogP contribution in [0.3, 0.4) is 0 Å². The Hall–Kier alpha value is -1.32. The smallest absolute Gasteiger partial charge is 0.188 e. The van der Waals surface area contributed by atoms with E-state index in [2.05, 4.69) is 9.98 Å². The lowest BCUT2D eigenvalue weighted by atomic mass is 10.2. The molecule has 0 aliphatic carbocycles. The Balaban J connectivity index is 1.90. The van der Waals surface area contributed by atoms with Crippen LogP contribution in [0.15, 0.2) is 11.3 Å². The summed E-state index contributed by atoms with van der Waals surface area (Å²) >= 11 is 0. The number of ether oxygens (including phenoxy) is 1. The van der Waals surface area contributed by atoms with Crippen LogP contribution in [0.25, 0.3) is 0 Å². The molecule has 4 atom stereocenters. The maximum atomic E-state index is 9.93. The van der Waals surface area contributed by atoms with Gasteiger partial charge in [0.25, 0.3) is 0 Å². The minimum atomic E-state index is -0.709. The Bertz CT molecular complexity index is 489. The summed E-state index contributed by atoms with van der Waals surface area (Å²) in [4.78, 5) is 8.43. The number of hydrogen-bond donors (Lipinski definition) is 4. The lowest BCUT2D eigenvalue weighted by Crippen LogP contribution is -2.83. The number of aliphatic imine (C=N–C) groups is 1. The van der Waals surface area contributed by atoms with Gasteiger partial charge in [0, 0.05) is 6.42 Å². The first-order valence-corrected chi connectivity index (χ1v) is 6.25. The number of hydrogen-bond acceptors (Lipinski definition) is 6. The zero-order chi connectivity index (χ0) is 13.4. The van der Waals surface area contributed by atoms with Crippen LogP contribution in [0.2, 0.25) is 0 Å². The lowest BCUT2D eigenvalue weighted by molar-refractivity contribution is -0.540. The Morgan fingerprint density at radius 1 is 1.47 bits per heavy atom. The van der Waals surface area contributed by atoms with Crippen molar-refractivity contribution in [2.45, 2.75) is 31.0 Å². The van der Waals surface area contributed by atoms with E-state index in [1.807, 2.05) is 0 Å². The molecule has 1 aromatic rings. The zero-order valence-corrected chi connectivity index (χ0v) is 10.3. The Kier molecular flexibility index (Phi) is 3.33. The highest BCUT2D eigenvalue weighted by atomic mass is 16.5. The van der Waals surface area contributed by atoms with Crippen LogP contribution in [-0.4, -0.2) is 56.6 Å². The first-order chi connectivity index (χ1) is 9.20. The number of nitrogens with two attached hydrogens (primary N) is 1. The van der Waals surface area contributed by atoms with E-state index in [9.17, 15) is 10.2 Å². The zero-order valence-electron chi connectivity index (χ0n) is 10.3. The van der Waals surface area contributed by atoms with Crippen LogP contribution in [0.4, 0.5) is 5.82 Å². The molecule has 3 rings (SSSR count). The van der Waals surface area contributed by atoms with Crippen molar-refractivity contribution in [3.8, 4) is 0 Å². The van der Waals surface area contributed by atoms with Gasteiger partial charge in [0.05, 0.1) is 19.0 Å². The van der Waals surface area contributed by atoms with Crippen molar-refractivity contribution < 1.29 is 25.4 Å². The van der Waals surface area contributed by atoms with E-state index < -0.39 is 24.5 Å². The van der Waals surface area contributed by atoms with Gasteiger partial charge in [-0.05, 0) is 0 Å². The van der Waals surface area contributed by atoms with Gasteiger partial charge in [-0.3, -0.25) is 4.57 Å². The molecule has 8 nitrogen and oxygen atoms in total. The summed E-state index contributed by atoms with van der Waals surface area (Å²) in [5.41, 5.74) is 0.510. The molecule has 0 amide bonds. The van der Waals surface area contributed by atoms with E-state index in [1.165, 1.54) is 0 Å². The summed E-state index contributed by atoms with van der Waals surface area (Å²) in [7, 11) is 0. The third kappa shape index (κ3) is 2.17. The molecule has 0 spiro atoms. The van der Waals surface area contributed by atoms with Crippen LogP contribution in [-0.2, 0) is 4.74 Å². The molecule has 2 aliphatic rings. The third-order valence-corrected chi connectivity index (χ3v) is 3.47. The monoisotopic (exact) mass is 269 g/mol. The quantitative estimate of drug-likeness (QED) is 0.486. The molecule has 104 valence electrons. The summed E-state index contributed by atoms with van der Waals surface area (Å²) < 4.78 is 7.25. The van der Waals surface area contributed by atoms with E-state index >= 15 is 0 Å². The Morgan fingerprint density at radius 3 is 3.05 bits per heavy atom. The predicted octanol–water partition coefficient (Wildman–Crippen LogP) is -2.21. The first-order valence-electron chi connectivity index (χ1n) is 6.25. The molecule has 2 aliphatic heterocycles. The number of fused-ring (bicyclic) bond motifs is 1. The van der Waals surface area contributed by atoms with Gasteiger partial charge in [0.1, 0.15) is 30.7 Å². The molecule has 4 unspecified atom stereocenters.